The number of rotatable bonds is 3. The Balaban J connectivity index is 1.90. The highest BCUT2D eigenvalue weighted by Gasteiger charge is 2.26. The SMILES string of the molecule is O=C(Cl)c1cc2c(-n3cnc(C4CC4)c3)cc(F)cc2o1. The number of carbonyl (C=O) groups excluding carboxylic acids is 1. The highest BCUT2D eigenvalue weighted by atomic mass is 35.5. The summed E-state index contributed by atoms with van der Waals surface area (Å²) in [5.41, 5.74) is 1.87. The van der Waals surface area contributed by atoms with Crippen LogP contribution >= 0.6 is 11.6 Å². The number of halogens is 2. The number of aromatic nitrogens is 2. The maximum Gasteiger partial charge on any atom is 0.287 e. The highest BCUT2D eigenvalue weighted by molar-refractivity contribution is 6.67. The van der Waals surface area contributed by atoms with Crippen LogP contribution in [0.3, 0.4) is 0 Å². The van der Waals surface area contributed by atoms with Crippen LogP contribution in [-0.2, 0) is 0 Å². The number of imidazole rings is 1. The van der Waals surface area contributed by atoms with Gasteiger partial charge >= 0.3 is 0 Å². The van der Waals surface area contributed by atoms with Gasteiger partial charge in [0.1, 0.15) is 11.4 Å². The molecule has 1 aliphatic carbocycles. The fraction of sp³-hybridized carbons (Fsp3) is 0.200. The van der Waals surface area contributed by atoms with Crippen LogP contribution in [0, 0.1) is 5.82 Å². The molecule has 1 aromatic carbocycles. The van der Waals surface area contributed by atoms with Crippen LogP contribution in [0.4, 0.5) is 4.39 Å². The Morgan fingerprint density at radius 2 is 2.19 bits per heavy atom. The number of benzene rings is 1. The zero-order valence-electron chi connectivity index (χ0n) is 10.8. The van der Waals surface area contributed by atoms with Gasteiger partial charge in [0.25, 0.3) is 5.24 Å². The Bertz CT molecular complexity index is 864. The molecule has 0 spiro atoms. The van der Waals surface area contributed by atoms with Crippen LogP contribution < -0.4 is 0 Å². The molecule has 3 aromatic rings. The molecule has 0 N–H and O–H groups in total. The Morgan fingerprint density at radius 1 is 1.38 bits per heavy atom. The molecular formula is C15H10ClFN2O2. The molecule has 2 aromatic heterocycles. The van der Waals surface area contributed by atoms with E-state index in [2.05, 4.69) is 4.98 Å². The molecule has 0 amide bonds. The predicted molar refractivity (Wildman–Crippen MR) is 75.5 cm³/mol. The van der Waals surface area contributed by atoms with Gasteiger partial charge in [-0.3, -0.25) is 4.79 Å². The number of hydrogen-bond donors (Lipinski definition) is 0. The standard InChI is InChI=1S/C15H10ClFN2O2/c16-15(20)14-5-10-12(3-9(17)4-13(10)21-14)19-6-11(18-7-19)8-1-2-8/h3-8H,1-2H2. The smallest absolute Gasteiger partial charge is 0.287 e. The maximum absolute atomic E-state index is 13.8. The average molecular weight is 305 g/mol. The van der Waals surface area contributed by atoms with Crippen molar-refractivity contribution in [3.63, 3.8) is 0 Å². The number of nitrogens with zero attached hydrogens (tertiary/aromatic N) is 2. The third-order valence-corrected chi connectivity index (χ3v) is 3.84. The molecule has 106 valence electrons. The fourth-order valence-electron chi connectivity index (χ4n) is 2.46. The molecule has 6 heteroatoms. The van der Waals surface area contributed by atoms with Gasteiger partial charge in [-0.1, -0.05) is 0 Å². The largest absolute Gasteiger partial charge is 0.451 e. The lowest BCUT2D eigenvalue weighted by molar-refractivity contribution is 0.105. The van der Waals surface area contributed by atoms with E-state index in [4.69, 9.17) is 16.0 Å². The summed E-state index contributed by atoms with van der Waals surface area (Å²) in [6.07, 6.45) is 5.83. The maximum atomic E-state index is 13.8. The Kier molecular flexibility index (Phi) is 2.65. The quantitative estimate of drug-likeness (QED) is 0.687. The van der Waals surface area contributed by atoms with Gasteiger partial charge in [0.05, 0.1) is 17.7 Å². The molecule has 0 aliphatic heterocycles. The summed E-state index contributed by atoms with van der Waals surface area (Å²) in [5, 5.41) is -0.0815. The van der Waals surface area contributed by atoms with E-state index in [0.29, 0.717) is 17.0 Å². The van der Waals surface area contributed by atoms with E-state index in [1.165, 1.54) is 18.2 Å². The molecule has 0 unspecified atom stereocenters. The van der Waals surface area contributed by atoms with E-state index in [-0.39, 0.29) is 11.3 Å². The summed E-state index contributed by atoms with van der Waals surface area (Å²) in [6, 6.07) is 4.15. The average Bonchev–Trinajstić information content (AvgIpc) is 3.01. The topological polar surface area (TPSA) is 48.0 Å². The normalized spacial score (nSPS) is 14.8. The minimum atomic E-state index is -0.707. The summed E-state index contributed by atoms with van der Waals surface area (Å²) < 4.78 is 20.8. The van der Waals surface area contributed by atoms with Crippen molar-refractivity contribution in [2.45, 2.75) is 18.8 Å². The van der Waals surface area contributed by atoms with Gasteiger partial charge in [0.2, 0.25) is 0 Å². The van der Waals surface area contributed by atoms with Crippen LogP contribution in [0.1, 0.15) is 35.0 Å². The lowest BCUT2D eigenvalue weighted by Gasteiger charge is -2.03. The first-order chi connectivity index (χ1) is 10.1. The Morgan fingerprint density at radius 3 is 2.90 bits per heavy atom. The predicted octanol–water partition coefficient (Wildman–Crippen LogP) is 4.01. The number of furan rings is 1. The second-order valence-corrected chi connectivity index (χ2v) is 5.54. The van der Waals surface area contributed by atoms with E-state index >= 15 is 0 Å². The Hall–Kier alpha value is -2.14. The molecule has 0 bridgehead atoms. The first-order valence-electron chi connectivity index (χ1n) is 6.59. The minimum Gasteiger partial charge on any atom is -0.451 e. The third kappa shape index (κ3) is 2.14. The van der Waals surface area contributed by atoms with Gasteiger partial charge in [0.15, 0.2) is 5.76 Å². The van der Waals surface area contributed by atoms with Crippen LogP contribution in [0.25, 0.3) is 16.7 Å². The molecule has 2 heterocycles. The molecule has 1 aliphatic rings. The van der Waals surface area contributed by atoms with Gasteiger partial charge in [-0.2, -0.15) is 0 Å². The number of fused-ring (bicyclic) bond motifs is 1. The van der Waals surface area contributed by atoms with Gasteiger partial charge in [-0.25, -0.2) is 9.37 Å². The molecule has 21 heavy (non-hydrogen) atoms. The summed E-state index contributed by atoms with van der Waals surface area (Å²) in [5.74, 6) is 0.0720. The molecule has 0 atom stereocenters. The number of hydrogen-bond acceptors (Lipinski definition) is 3. The van der Waals surface area contributed by atoms with E-state index in [1.54, 1.807) is 10.9 Å². The number of carbonyl (C=O) groups is 1. The summed E-state index contributed by atoms with van der Waals surface area (Å²) in [7, 11) is 0. The van der Waals surface area contributed by atoms with Gasteiger partial charge < -0.3 is 8.98 Å². The molecule has 1 fully saturated rings. The van der Waals surface area contributed by atoms with Crippen molar-refractivity contribution in [2.75, 3.05) is 0 Å². The van der Waals surface area contributed by atoms with Crippen molar-refractivity contribution in [2.24, 2.45) is 0 Å². The zero-order valence-corrected chi connectivity index (χ0v) is 11.6. The van der Waals surface area contributed by atoms with E-state index in [0.717, 1.165) is 18.5 Å². The van der Waals surface area contributed by atoms with E-state index in [9.17, 15) is 9.18 Å². The van der Waals surface area contributed by atoms with Crippen LogP contribution in [0.2, 0.25) is 0 Å². The molecule has 1 saturated carbocycles. The molecular weight excluding hydrogens is 295 g/mol. The molecule has 4 nitrogen and oxygen atoms in total. The fourth-order valence-corrected chi connectivity index (χ4v) is 2.55. The Labute approximate surface area is 124 Å². The molecule has 0 saturated heterocycles. The summed E-state index contributed by atoms with van der Waals surface area (Å²) in [6.45, 7) is 0. The van der Waals surface area contributed by atoms with E-state index in [1.807, 2.05) is 6.20 Å². The second kappa shape index (κ2) is 4.43. The van der Waals surface area contributed by atoms with Gasteiger partial charge in [-0.05, 0) is 36.6 Å². The second-order valence-electron chi connectivity index (χ2n) is 5.20. The van der Waals surface area contributed by atoms with Crippen molar-refractivity contribution >= 4 is 27.8 Å². The van der Waals surface area contributed by atoms with Crippen LogP contribution in [0.15, 0.2) is 35.1 Å². The van der Waals surface area contributed by atoms with E-state index < -0.39 is 11.1 Å². The zero-order chi connectivity index (χ0) is 14.6. The highest BCUT2D eigenvalue weighted by Crippen LogP contribution is 2.39. The van der Waals surface area contributed by atoms with Crippen molar-refractivity contribution in [1.29, 1.82) is 0 Å². The van der Waals surface area contributed by atoms with Crippen molar-refractivity contribution in [3.05, 3.63) is 48.0 Å². The molecule has 4 rings (SSSR count). The lowest BCUT2D eigenvalue weighted by atomic mass is 10.2. The van der Waals surface area contributed by atoms with Crippen molar-refractivity contribution < 1.29 is 13.6 Å². The third-order valence-electron chi connectivity index (χ3n) is 3.65. The van der Waals surface area contributed by atoms with Crippen molar-refractivity contribution in [1.82, 2.24) is 9.55 Å². The lowest BCUT2D eigenvalue weighted by Crippen LogP contribution is -1.92. The minimum absolute atomic E-state index is 0.000971. The summed E-state index contributed by atoms with van der Waals surface area (Å²) >= 11 is 5.42. The molecule has 0 radical (unpaired) electrons. The monoisotopic (exact) mass is 304 g/mol. The van der Waals surface area contributed by atoms with Crippen molar-refractivity contribution in [3.8, 4) is 5.69 Å². The first kappa shape index (κ1) is 12.6. The van der Waals surface area contributed by atoms with Gasteiger partial charge in [0, 0.05) is 23.6 Å². The first-order valence-corrected chi connectivity index (χ1v) is 6.97. The van der Waals surface area contributed by atoms with Gasteiger partial charge in [-0.15, -0.1) is 0 Å². The van der Waals surface area contributed by atoms with Crippen LogP contribution in [0.5, 0.6) is 0 Å². The summed E-state index contributed by atoms with van der Waals surface area (Å²) in [4.78, 5) is 15.6. The van der Waals surface area contributed by atoms with Crippen LogP contribution in [-0.4, -0.2) is 14.8 Å².